The average molecular weight is 418 g/mol. The molecule has 4 nitrogen and oxygen atoms in total. The van der Waals surface area contributed by atoms with Crippen molar-refractivity contribution in [1.82, 2.24) is 14.8 Å². The van der Waals surface area contributed by atoms with E-state index < -0.39 is 0 Å². The lowest BCUT2D eigenvalue weighted by Gasteiger charge is -2.35. The van der Waals surface area contributed by atoms with Crippen molar-refractivity contribution >= 4 is 17.2 Å². The summed E-state index contributed by atoms with van der Waals surface area (Å²) in [5, 5.41) is 0. The largest absolute Gasteiger partial charge is 0.343 e. The van der Waals surface area contributed by atoms with Crippen LogP contribution < -0.4 is 0 Å². The van der Waals surface area contributed by atoms with E-state index in [9.17, 15) is 9.18 Å². The van der Waals surface area contributed by atoms with Crippen molar-refractivity contribution in [2.75, 3.05) is 32.7 Å². The molecular weight excluding hydrogens is 385 g/mol. The van der Waals surface area contributed by atoms with Gasteiger partial charge in [0, 0.05) is 37.5 Å². The molecule has 1 unspecified atom stereocenters. The minimum Gasteiger partial charge on any atom is -0.343 e. The van der Waals surface area contributed by atoms with E-state index in [1.165, 1.54) is 23.8 Å². The van der Waals surface area contributed by atoms with Crippen LogP contribution in [0.5, 0.6) is 0 Å². The smallest absolute Gasteiger partial charge is 0.222 e. The summed E-state index contributed by atoms with van der Waals surface area (Å²) in [5.41, 5.74) is 3.95. The van der Waals surface area contributed by atoms with Crippen molar-refractivity contribution in [2.45, 2.75) is 46.0 Å². The van der Waals surface area contributed by atoms with E-state index in [2.05, 4.69) is 16.8 Å². The molecule has 0 spiro atoms. The second-order valence-electron chi connectivity index (χ2n) is 7.98. The first kappa shape index (κ1) is 21.9. The van der Waals surface area contributed by atoms with Gasteiger partial charge in [-0.3, -0.25) is 4.79 Å². The zero-order chi connectivity index (χ0) is 20.6. The molecule has 158 valence electrons. The van der Waals surface area contributed by atoms with Crippen LogP contribution in [-0.2, 0) is 17.6 Å². The number of hydrogen-bond donors (Lipinski definition) is 0. The fraction of sp³-hybridized carbons (Fsp3) is 0.565. The van der Waals surface area contributed by atoms with Crippen LogP contribution in [0.3, 0.4) is 0 Å². The molecule has 0 bridgehead atoms. The molecule has 1 amide bonds. The van der Waals surface area contributed by atoms with Gasteiger partial charge < -0.3 is 9.80 Å². The number of hydrogen-bond acceptors (Lipinski definition) is 4. The molecule has 1 aromatic heterocycles. The maximum atomic E-state index is 13.4. The highest BCUT2D eigenvalue weighted by Crippen LogP contribution is 2.20. The zero-order valence-electron chi connectivity index (χ0n) is 17.6. The summed E-state index contributed by atoms with van der Waals surface area (Å²) in [6.45, 7) is 8.75. The van der Waals surface area contributed by atoms with Gasteiger partial charge in [-0.1, -0.05) is 12.1 Å². The molecule has 2 heterocycles. The fourth-order valence-corrected chi connectivity index (χ4v) is 4.93. The maximum Gasteiger partial charge on any atom is 0.222 e. The first-order valence-corrected chi connectivity index (χ1v) is 11.6. The number of rotatable bonds is 9. The normalized spacial score (nSPS) is 17.4. The third-order valence-corrected chi connectivity index (χ3v) is 6.83. The van der Waals surface area contributed by atoms with E-state index in [1.54, 1.807) is 23.5 Å². The quantitative estimate of drug-likeness (QED) is 0.609. The van der Waals surface area contributed by atoms with Crippen molar-refractivity contribution in [3.63, 3.8) is 0 Å². The summed E-state index contributed by atoms with van der Waals surface area (Å²) in [6, 6.07) is 6.89. The number of likely N-dealkylation sites (tertiary alicyclic amines) is 1. The second kappa shape index (κ2) is 10.8. The van der Waals surface area contributed by atoms with E-state index in [1.807, 2.05) is 23.4 Å². The Hall–Kier alpha value is -1.79. The molecule has 29 heavy (non-hydrogen) atoms. The van der Waals surface area contributed by atoms with Gasteiger partial charge >= 0.3 is 0 Å². The van der Waals surface area contributed by atoms with E-state index in [-0.39, 0.29) is 11.7 Å². The van der Waals surface area contributed by atoms with Gasteiger partial charge in [0.05, 0.1) is 11.2 Å². The molecular formula is C23H32FN3OS. The highest BCUT2D eigenvalue weighted by molar-refractivity contribution is 7.09. The highest BCUT2D eigenvalue weighted by Gasteiger charge is 2.23. The zero-order valence-corrected chi connectivity index (χ0v) is 18.4. The van der Waals surface area contributed by atoms with Gasteiger partial charge in [0.25, 0.3) is 0 Å². The van der Waals surface area contributed by atoms with Crippen LogP contribution in [0.15, 0.2) is 29.8 Å². The molecule has 0 N–H and O–H groups in total. The minimum absolute atomic E-state index is 0.162. The van der Waals surface area contributed by atoms with Gasteiger partial charge in [-0.2, -0.15) is 0 Å². The van der Waals surface area contributed by atoms with Gasteiger partial charge in [-0.25, -0.2) is 9.37 Å². The predicted molar refractivity (Wildman–Crippen MR) is 117 cm³/mol. The summed E-state index contributed by atoms with van der Waals surface area (Å²) in [5.74, 6) is 0.604. The lowest BCUT2D eigenvalue weighted by atomic mass is 9.96. The van der Waals surface area contributed by atoms with E-state index in [0.717, 1.165) is 56.8 Å². The average Bonchev–Trinajstić information content (AvgIpc) is 3.14. The Morgan fingerprint density at radius 1 is 1.38 bits per heavy atom. The van der Waals surface area contributed by atoms with Gasteiger partial charge in [0.15, 0.2) is 0 Å². The molecule has 1 saturated heterocycles. The Balaban J connectivity index is 1.46. The van der Waals surface area contributed by atoms with E-state index >= 15 is 0 Å². The topological polar surface area (TPSA) is 36.4 Å². The Kier molecular flexibility index (Phi) is 8.19. The lowest BCUT2D eigenvalue weighted by molar-refractivity contribution is -0.131. The summed E-state index contributed by atoms with van der Waals surface area (Å²) in [6.07, 6.45) is 4.56. The van der Waals surface area contributed by atoms with Gasteiger partial charge in [0.2, 0.25) is 5.91 Å². The van der Waals surface area contributed by atoms with E-state index in [4.69, 9.17) is 0 Å². The summed E-state index contributed by atoms with van der Waals surface area (Å²) < 4.78 is 13.4. The van der Waals surface area contributed by atoms with Crippen LogP contribution in [-0.4, -0.2) is 53.4 Å². The van der Waals surface area contributed by atoms with Gasteiger partial charge in [0.1, 0.15) is 5.82 Å². The molecule has 0 saturated carbocycles. The van der Waals surface area contributed by atoms with Crippen molar-refractivity contribution in [1.29, 1.82) is 0 Å². The lowest BCUT2D eigenvalue weighted by Crippen LogP contribution is -2.43. The first-order chi connectivity index (χ1) is 14.0. The molecule has 6 heteroatoms. The van der Waals surface area contributed by atoms with E-state index in [0.29, 0.717) is 12.3 Å². The van der Waals surface area contributed by atoms with Crippen LogP contribution >= 0.6 is 11.3 Å². The van der Waals surface area contributed by atoms with Gasteiger partial charge in [-0.15, -0.1) is 11.3 Å². The van der Waals surface area contributed by atoms with Crippen molar-refractivity contribution in [2.24, 2.45) is 5.92 Å². The number of carbonyl (C=O) groups excluding carboxylic acids is 1. The Bertz CT molecular complexity index is 794. The van der Waals surface area contributed by atoms with Crippen molar-refractivity contribution in [3.05, 3.63) is 51.7 Å². The summed E-state index contributed by atoms with van der Waals surface area (Å²) >= 11 is 1.64. The number of nitrogens with zero attached hydrogens (tertiary/aromatic N) is 3. The maximum absolute atomic E-state index is 13.4. The summed E-state index contributed by atoms with van der Waals surface area (Å²) in [7, 11) is 0. The Morgan fingerprint density at radius 3 is 2.97 bits per heavy atom. The Morgan fingerprint density at radius 2 is 2.24 bits per heavy atom. The van der Waals surface area contributed by atoms with Crippen molar-refractivity contribution < 1.29 is 9.18 Å². The number of benzene rings is 1. The second-order valence-corrected chi connectivity index (χ2v) is 8.92. The molecule has 1 atom stereocenters. The number of amides is 1. The number of piperidine rings is 1. The number of aryl methyl sites for hydroxylation is 2. The van der Waals surface area contributed by atoms with Gasteiger partial charge in [-0.05, 0) is 69.7 Å². The van der Waals surface area contributed by atoms with Crippen molar-refractivity contribution in [3.8, 4) is 0 Å². The van der Waals surface area contributed by atoms with Crippen LogP contribution in [0.2, 0.25) is 0 Å². The number of thiazole rings is 1. The number of carbonyl (C=O) groups is 1. The third kappa shape index (κ3) is 6.61. The van der Waals surface area contributed by atoms with Crippen LogP contribution in [0, 0.1) is 18.7 Å². The predicted octanol–water partition coefficient (Wildman–Crippen LogP) is 4.33. The number of aromatic nitrogens is 1. The molecule has 1 aliphatic heterocycles. The van der Waals surface area contributed by atoms with Crippen LogP contribution in [0.4, 0.5) is 4.39 Å². The van der Waals surface area contributed by atoms with Crippen LogP contribution in [0.25, 0.3) is 0 Å². The monoisotopic (exact) mass is 417 g/mol. The van der Waals surface area contributed by atoms with Crippen LogP contribution in [0.1, 0.15) is 42.3 Å². The summed E-state index contributed by atoms with van der Waals surface area (Å²) in [4.78, 5) is 22.7. The minimum atomic E-state index is -0.162. The molecule has 0 radical (unpaired) electrons. The molecule has 1 fully saturated rings. The SMILES string of the molecule is CCN(CC1CCCN(CCc2cccc(F)c2)C1)C(=O)CCc1scnc1C. The number of halogens is 1. The Labute approximate surface area is 177 Å². The first-order valence-electron chi connectivity index (χ1n) is 10.7. The molecule has 0 aliphatic carbocycles. The molecule has 1 aromatic carbocycles. The molecule has 3 rings (SSSR count). The molecule has 2 aromatic rings. The molecule has 1 aliphatic rings. The fourth-order valence-electron chi connectivity index (χ4n) is 4.15. The third-order valence-electron chi connectivity index (χ3n) is 5.83. The standard InChI is InChI=1S/C23H32FN3OS/c1-3-27(23(28)10-9-22-18(2)25-17-29-22)16-20-7-5-12-26(15-20)13-11-19-6-4-8-21(24)14-19/h4,6,8,14,17,20H,3,5,7,9-13,15-16H2,1-2H3. The highest BCUT2D eigenvalue weighted by atomic mass is 32.1.